The maximum Gasteiger partial charge on any atom is 0.229 e. The number of aromatic nitrogens is 2. The molecule has 0 spiro atoms. The first-order chi connectivity index (χ1) is 8.71. The van der Waals surface area contributed by atoms with Crippen molar-refractivity contribution >= 4 is 22.4 Å². The number of nitrogens with zero attached hydrogens (tertiary/aromatic N) is 2. The summed E-state index contributed by atoms with van der Waals surface area (Å²) in [6.45, 7) is 4.75. The second kappa shape index (κ2) is 8.16. The van der Waals surface area contributed by atoms with Crippen LogP contribution >= 0.6 is 11.3 Å². The molecule has 1 rings (SSSR count). The van der Waals surface area contributed by atoms with Crippen molar-refractivity contribution in [2.75, 3.05) is 11.9 Å². The van der Waals surface area contributed by atoms with Crippen LogP contribution in [0.2, 0.25) is 0 Å². The molecule has 0 aliphatic carbocycles. The second-order valence-corrected chi connectivity index (χ2v) is 5.31. The summed E-state index contributed by atoms with van der Waals surface area (Å²) in [6.07, 6.45) is 4.60. The van der Waals surface area contributed by atoms with Crippen molar-refractivity contribution in [2.45, 2.75) is 46.0 Å². The van der Waals surface area contributed by atoms with Crippen molar-refractivity contribution in [3.63, 3.8) is 0 Å². The Hall–Kier alpha value is -1.01. The molecule has 0 unspecified atom stereocenters. The Morgan fingerprint density at radius 2 is 2.06 bits per heavy atom. The molecule has 18 heavy (non-hydrogen) atoms. The Bertz CT molecular complexity index is 363. The number of hydrogen-bond donors (Lipinski definition) is 2. The van der Waals surface area contributed by atoms with Gasteiger partial charge in [0.2, 0.25) is 11.0 Å². The van der Waals surface area contributed by atoms with E-state index in [1.807, 2.05) is 13.8 Å². The van der Waals surface area contributed by atoms with Gasteiger partial charge in [-0.15, -0.1) is 10.2 Å². The van der Waals surface area contributed by atoms with Crippen LogP contribution in [0.3, 0.4) is 0 Å². The molecule has 0 radical (unpaired) electrons. The van der Waals surface area contributed by atoms with E-state index in [0.717, 1.165) is 37.1 Å². The maximum absolute atomic E-state index is 11.9. The lowest BCUT2D eigenvalue weighted by molar-refractivity contribution is -0.120. The van der Waals surface area contributed by atoms with Crippen molar-refractivity contribution in [1.82, 2.24) is 10.2 Å². The lowest BCUT2D eigenvalue weighted by Gasteiger charge is -2.09. The molecule has 5 nitrogen and oxygen atoms in total. The predicted octanol–water partition coefficient (Wildman–Crippen LogP) is 2.19. The van der Waals surface area contributed by atoms with Crippen LogP contribution < -0.4 is 11.1 Å². The number of amides is 1. The fourth-order valence-corrected chi connectivity index (χ4v) is 2.48. The first-order valence-electron chi connectivity index (χ1n) is 6.54. The lowest BCUT2D eigenvalue weighted by Crippen LogP contribution is -2.21. The number of nitrogens with two attached hydrogens (primary N) is 1. The van der Waals surface area contributed by atoms with Crippen LogP contribution in [0, 0.1) is 5.92 Å². The minimum atomic E-state index is 0.0460. The Balaban J connectivity index is 2.45. The van der Waals surface area contributed by atoms with Gasteiger partial charge in [0.15, 0.2) is 0 Å². The molecule has 1 aromatic heterocycles. The van der Waals surface area contributed by atoms with Crippen molar-refractivity contribution in [2.24, 2.45) is 11.7 Å². The summed E-state index contributed by atoms with van der Waals surface area (Å²) in [6, 6.07) is 0. The van der Waals surface area contributed by atoms with E-state index in [0.29, 0.717) is 11.7 Å². The first-order valence-corrected chi connectivity index (χ1v) is 7.36. The zero-order chi connectivity index (χ0) is 13.4. The van der Waals surface area contributed by atoms with Gasteiger partial charge in [0.05, 0.1) is 0 Å². The molecule has 1 amide bonds. The van der Waals surface area contributed by atoms with E-state index in [2.05, 4.69) is 15.5 Å². The van der Waals surface area contributed by atoms with Gasteiger partial charge in [0.1, 0.15) is 5.01 Å². The predicted molar refractivity (Wildman–Crippen MR) is 74.6 cm³/mol. The molecule has 0 aliphatic heterocycles. The Kier molecular flexibility index (Phi) is 6.82. The minimum absolute atomic E-state index is 0.0460. The van der Waals surface area contributed by atoms with Crippen LogP contribution in [-0.2, 0) is 11.2 Å². The highest BCUT2D eigenvalue weighted by atomic mass is 32.1. The number of nitrogens with one attached hydrogen (secondary N) is 1. The summed E-state index contributed by atoms with van der Waals surface area (Å²) in [5, 5.41) is 12.5. The van der Waals surface area contributed by atoms with Crippen molar-refractivity contribution in [3.8, 4) is 0 Å². The van der Waals surface area contributed by atoms with Gasteiger partial charge in [-0.25, -0.2) is 0 Å². The van der Waals surface area contributed by atoms with Gasteiger partial charge >= 0.3 is 0 Å². The summed E-state index contributed by atoms with van der Waals surface area (Å²) in [5.74, 6) is 0.110. The van der Waals surface area contributed by atoms with Crippen molar-refractivity contribution in [3.05, 3.63) is 5.01 Å². The van der Waals surface area contributed by atoms with E-state index in [-0.39, 0.29) is 11.8 Å². The highest BCUT2D eigenvalue weighted by Gasteiger charge is 2.16. The number of rotatable bonds is 8. The van der Waals surface area contributed by atoms with E-state index in [9.17, 15) is 4.79 Å². The fraction of sp³-hybridized carbons (Fsp3) is 0.750. The van der Waals surface area contributed by atoms with Gasteiger partial charge in [-0.1, -0.05) is 25.2 Å². The number of unbranched alkanes of at least 4 members (excludes halogenated alkanes) is 1. The highest BCUT2D eigenvalue weighted by molar-refractivity contribution is 7.15. The molecule has 0 aliphatic rings. The quantitative estimate of drug-likeness (QED) is 0.710. The summed E-state index contributed by atoms with van der Waals surface area (Å²) >= 11 is 1.46. The van der Waals surface area contributed by atoms with Crippen LogP contribution in [0.1, 0.15) is 44.5 Å². The number of anilines is 1. The van der Waals surface area contributed by atoms with E-state index in [4.69, 9.17) is 5.73 Å². The van der Waals surface area contributed by atoms with Crippen LogP contribution in [0.15, 0.2) is 0 Å². The summed E-state index contributed by atoms with van der Waals surface area (Å²) in [4.78, 5) is 11.9. The summed E-state index contributed by atoms with van der Waals surface area (Å²) in [5.41, 5.74) is 5.44. The minimum Gasteiger partial charge on any atom is -0.330 e. The normalized spacial score (nSPS) is 10.9. The molecule has 0 fully saturated rings. The smallest absolute Gasteiger partial charge is 0.229 e. The van der Waals surface area contributed by atoms with E-state index in [1.54, 1.807) is 0 Å². The fourth-order valence-electron chi connectivity index (χ4n) is 1.69. The number of hydrogen-bond acceptors (Lipinski definition) is 5. The van der Waals surface area contributed by atoms with Gasteiger partial charge in [-0.3, -0.25) is 4.79 Å². The van der Waals surface area contributed by atoms with Crippen LogP contribution in [-0.4, -0.2) is 22.6 Å². The Morgan fingerprint density at radius 1 is 1.33 bits per heavy atom. The molecule has 0 bridgehead atoms. The summed E-state index contributed by atoms with van der Waals surface area (Å²) in [7, 11) is 0. The van der Waals surface area contributed by atoms with Crippen molar-refractivity contribution in [1.29, 1.82) is 0 Å². The highest BCUT2D eigenvalue weighted by Crippen LogP contribution is 2.19. The zero-order valence-electron chi connectivity index (χ0n) is 11.1. The van der Waals surface area contributed by atoms with Gasteiger partial charge in [-0.05, 0) is 32.2 Å². The SMILES string of the molecule is CCC(CC)C(=O)Nc1nnc(CCCCN)s1. The molecule has 6 heteroatoms. The third-order valence-electron chi connectivity index (χ3n) is 2.90. The molecule has 0 aromatic carbocycles. The van der Waals surface area contributed by atoms with Crippen LogP contribution in [0.25, 0.3) is 0 Å². The molecule has 0 atom stereocenters. The van der Waals surface area contributed by atoms with Gasteiger partial charge < -0.3 is 11.1 Å². The average Bonchev–Trinajstić information content (AvgIpc) is 2.79. The standard InChI is InChI=1S/C12H22N4OS/c1-3-9(4-2)11(17)14-12-16-15-10(18-12)7-5-6-8-13/h9H,3-8,13H2,1-2H3,(H,14,16,17). The third kappa shape index (κ3) is 4.70. The summed E-state index contributed by atoms with van der Waals surface area (Å²) < 4.78 is 0. The number of carbonyl (C=O) groups excluding carboxylic acids is 1. The molecule has 3 N–H and O–H groups in total. The monoisotopic (exact) mass is 270 g/mol. The lowest BCUT2D eigenvalue weighted by atomic mass is 10.0. The molecule has 1 heterocycles. The second-order valence-electron chi connectivity index (χ2n) is 4.25. The molecular formula is C12H22N4OS. The molecule has 0 saturated carbocycles. The van der Waals surface area contributed by atoms with E-state index >= 15 is 0 Å². The number of carbonyl (C=O) groups is 1. The maximum atomic E-state index is 11.9. The van der Waals surface area contributed by atoms with Gasteiger partial charge in [-0.2, -0.15) is 0 Å². The first kappa shape index (κ1) is 15.0. The zero-order valence-corrected chi connectivity index (χ0v) is 11.9. The average molecular weight is 270 g/mol. The molecular weight excluding hydrogens is 248 g/mol. The van der Waals surface area contributed by atoms with Gasteiger partial charge in [0.25, 0.3) is 0 Å². The van der Waals surface area contributed by atoms with E-state index < -0.39 is 0 Å². The third-order valence-corrected chi connectivity index (χ3v) is 3.80. The van der Waals surface area contributed by atoms with Gasteiger partial charge in [0, 0.05) is 12.3 Å². The van der Waals surface area contributed by atoms with Crippen LogP contribution in [0.5, 0.6) is 0 Å². The molecule has 102 valence electrons. The molecule has 0 saturated heterocycles. The van der Waals surface area contributed by atoms with E-state index in [1.165, 1.54) is 11.3 Å². The molecule has 1 aromatic rings. The van der Waals surface area contributed by atoms with Crippen LogP contribution in [0.4, 0.5) is 5.13 Å². The topological polar surface area (TPSA) is 80.9 Å². The largest absolute Gasteiger partial charge is 0.330 e. The Morgan fingerprint density at radius 3 is 2.67 bits per heavy atom. The Labute approximate surface area is 112 Å². The van der Waals surface area contributed by atoms with Crippen molar-refractivity contribution < 1.29 is 4.79 Å². The number of aryl methyl sites for hydroxylation is 1.